The molecule has 0 aliphatic carbocycles. The maximum absolute atomic E-state index is 12.7. The molecule has 0 saturated carbocycles. The fourth-order valence-corrected chi connectivity index (χ4v) is 2.71. The number of hydrazine groups is 1. The predicted molar refractivity (Wildman–Crippen MR) is 111 cm³/mol. The lowest BCUT2D eigenvalue weighted by Crippen LogP contribution is -2.46. The number of halogens is 3. The minimum absolute atomic E-state index is 0.140. The van der Waals surface area contributed by atoms with Gasteiger partial charge in [-0.3, -0.25) is 10.2 Å². The van der Waals surface area contributed by atoms with Crippen LogP contribution < -0.4 is 20.9 Å². The zero-order chi connectivity index (χ0) is 23.0. The van der Waals surface area contributed by atoms with Gasteiger partial charge in [0.2, 0.25) is 0 Å². The Morgan fingerprint density at radius 3 is 2.19 bits per heavy atom. The second kappa shape index (κ2) is 10.3. The molecule has 3 aromatic rings. The Kier molecular flexibility index (Phi) is 7.33. The number of hydrogen-bond donors (Lipinski definition) is 3. The van der Waals surface area contributed by atoms with E-state index in [0.717, 1.165) is 17.7 Å². The van der Waals surface area contributed by atoms with Crippen molar-refractivity contribution in [3.63, 3.8) is 0 Å². The predicted octanol–water partition coefficient (Wildman–Crippen LogP) is 4.43. The van der Waals surface area contributed by atoms with Crippen LogP contribution in [0.4, 0.5) is 18.0 Å². The first kappa shape index (κ1) is 22.7. The van der Waals surface area contributed by atoms with E-state index >= 15 is 0 Å². The molecule has 0 heterocycles. The minimum atomic E-state index is -4.46. The highest BCUT2D eigenvalue weighted by Crippen LogP contribution is 2.29. The maximum atomic E-state index is 12.7. The van der Waals surface area contributed by atoms with Gasteiger partial charge in [0.05, 0.1) is 5.56 Å². The Bertz CT molecular complexity index is 1060. The van der Waals surface area contributed by atoms with Gasteiger partial charge in [-0.15, -0.1) is 0 Å². The first-order valence-electron chi connectivity index (χ1n) is 9.58. The van der Waals surface area contributed by atoms with Gasteiger partial charge in [0.15, 0.2) is 0 Å². The van der Waals surface area contributed by atoms with Crippen LogP contribution in [-0.4, -0.2) is 11.9 Å². The molecule has 0 aromatic heterocycles. The van der Waals surface area contributed by atoms with Crippen LogP contribution in [0.2, 0.25) is 0 Å². The number of benzene rings is 3. The van der Waals surface area contributed by atoms with Crippen LogP contribution in [0.3, 0.4) is 0 Å². The molecule has 0 aliphatic heterocycles. The van der Waals surface area contributed by atoms with Crippen LogP contribution in [0.5, 0.6) is 5.75 Å². The van der Waals surface area contributed by atoms with Gasteiger partial charge >= 0.3 is 12.2 Å². The highest BCUT2D eigenvalue weighted by Gasteiger charge is 2.30. The molecule has 0 radical (unpaired) electrons. The molecule has 3 aromatic carbocycles. The molecule has 32 heavy (non-hydrogen) atoms. The molecule has 0 atom stereocenters. The van der Waals surface area contributed by atoms with Crippen LogP contribution in [0.25, 0.3) is 0 Å². The van der Waals surface area contributed by atoms with Gasteiger partial charge in [-0.2, -0.15) is 13.2 Å². The van der Waals surface area contributed by atoms with Crippen LogP contribution in [0, 0.1) is 0 Å². The zero-order valence-electron chi connectivity index (χ0n) is 16.8. The molecule has 6 nitrogen and oxygen atoms in total. The number of hydrogen-bond acceptors (Lipinski definition) is 3. The number of carbonyl (C=O) groups excluding carboxylic acids is 2. The Balaban J connectivity index is 1.43. The van der Waals surface area contributed by atoms with Crippen LogP contribution in [-0.2, 0) is 19.3 Å². The quantitative estimate of drug-likeness (QED) is 0.493. The summed E-state index contributed by atoms with van der Waals surface area (Å²) in [6, 6.07) is 19.8. The van der Waals surface area contributed by atoms with Gasteiger partial charge < -0.3 is 10.1 Å². The Morgan fingerprint density at radius 2 is 1.50 bits per heavy atom. The van der Waals surface area contributed by atoms with Crippen molar-refractivity contribution in [2.75, 3.05) is 0 Å². The molecule has 0 saturated heterocycles. The van der Waals surface area contributed by atoms with Crippen molar-refractivity contribution in [1.82, 2.24) is 16.2 Å². The number of amides is 3. The van der Waals surface area contributed by atoms with Crippen LogP contribution in [0.15, 0.2) is 78.9 Å². The van der Waals surface area contributed by atoms with E-state index < -0.39 is 23.7 Å². The molecule has 3 N–H and O–H groups in total. The number of nitrogens with one attached hydrogen (secondary N) is 3. The lowest BCUT2D eigenvalue weighted by atomic mass is 10.1. The lowest BCUT2D eigenvalue weighted by molar-refractivity contribution is -0.137. The van der Waals surface area contributed by atoms with Gasteiger partial charge in [0.25, 0.3) is 5.91 Å². The van der Waals surface area contributed by atoms with Crippen molar-refractivity contribution in [3.8, 4) is 5.75 Å². The summed E-state index contributed by atoms with van der Waals surface area (Å²) in [4.78, 5) is 24.0. The molecule has 0 aliphatic rings. The van der Waals surface area contributed by atoms with Crippen molar-refractivity contribution in [1.29, 1.82) is 0 Å². The third-order valence-corrected chi connectivity index (χ3v) is 4.36. The topological polar surface area (TPSA) is 79.5 Å². The number of rotatable bonds is 6. The molecule has 0 unspecified atom stereocenters. The second-order valence-corrected chi connectivity index (χ2v) is 6.76. The van der Waals surface area contributed by atoms with E-state index in [4.69, 9.17) is 4.74 Å². The summed E-state index contributed by atoms with van der Waals surface area (Å²) in [5.74, 6) is 0.0195. The average molecular weight is 443 g/mol. The number of ether oxygens (including phenoxy) is 1. The zero-order valence-corrected chi connectivity index (χ0v) is 16.8. The summed E-state index contributed by atoms with van der Waals surface area (Å²) < 4.78 is 43.8. The highest BCUT2D eigenvalue weighted by molar-refractivity contribution is 5.95. The first-order chi connectivity index (χ1) is 15.3. The summed E-state index contributed by atoms with van der Waals surface area (Å²) in [6.45, 7) is 0.249. The van der Waals surface area contributed by atoms with Crippen molar-refractivity contribution >= 4 is 11.9 Å². The molecule has 9 heteroatoms. The Hall–Kier alpha value is -4.01. The van der Waals surface area contributed by atoms with Gasteiger partial charge in [-0.1, -0.05) is 42.5 Å². The normalized spacial score (nSPS) is 10.8. The molecular formula is C23H20F3N3O3. The molecule has 0 spiro atoms. The summed E-state index contributed by atoms with van der Waals surface area (Å²) >= 11 is 0. The third kappa shape index (κ3) is 6.76. The molecule has 0 fully saturated rings. The van der Waals surface area contributed by atoms with Crippen molar-refractivity contribution in [3.05, 3.63) is 101 Å². The van der Waals surface area contributed by atoms with Crippen molar-refractivity contribution in [2.24, 2.45) is 0 Å². The SMILES string of the molecule is O=C(NCc1cccc(C(F)(F)F)c1)NNC(=O)c1ccc(OCc2ccccc2)cc1. The largest absolute Gasteiger partial charge is 0.489 e. The molecule has 3 rings (SSSR count). The van der Waals surface area contributed by atoms with Gasteiger partial charge in [0.1, 0.15) is 12.4 Å². The molecule has 0 bridgehead atoms. The van der Waals surface area contributed by atoms with Crippen molar-refractivity contribution < 1.29 is 27.5 Å². The average Bonchev–Trinajstić information content (AvgIpc) is 2.80. The van der Waals surface area contributed by atoms with E-state index in [-0.39, 0.29) is 17.7 Å². The monoisotopic (exact) mass is 443 g/mol. The Morgan fingerprint density at radius 1 is 0.812 bits per heavy atom. The van der Waals surface area contributed by atoms with Gasteiger partial charge in [0, 0.05) is 12.1 Å². The van der Waals surface area contributed by atoms with Gasteiger partial charge in [-0.25, -0.2) is 10.2 Å². The maximum Gasteiger partial charge on any atom is 0.416 e. The molecule has 3 amide bonds. The standard InChI is InChI=1S/C23H20F3N3O3/c24-23(25,26)19-8-4-7-17(13-19)14-27-22(31)29-28-21(30)18-9-11-20(12-10-18)32-15-16-5-2-1-3-6-16/h1-13H,14-15H2,(H,28,30)(H2,27,29,31). The highest BCUT2D eigenvalue weighted by atomic mass is 19.4. The van der Waals surface area contributed by atoms with E-state index in [2.05, 4.69) is 16.2 Å². The second-order valence-electron chi connectivity index (χ2n) is 6.76. The number of carbonyl (C=O) groups is 2. The summed E-state index contributed by atoms with van der Waals surface area (Å²) in [5.41, 5.74) is 5.14. The molecule has 166 valence electrons. The third-order valence-electron chi connectivity index (χ3n) is 4.36. The summed E-state index contributed by atoms with van der Waals surface area (Å²) in [7, 11) is 0. The van der Waals surface area contributed by atoms with Gasteiger partial charge in [-0.05, 0) is 47.5 Å². The van der Waals surface area contributed by atoms with E-state index in [1.165, 1.54) is 24.3 Å². The van der Waals surface area contributed by atoms with E-state index in [1.54, 1.807) is 12.1 Å². The lowest BCUT2D eigenvalue weighted by Gasteiger charge is -2.11. The summed E-state index contributed by atoms with van der Waals surface area (Å²) in [6.07, 6.45) is -4.46. The number of urea groups is 1. The fraction of sp³-hybridized carbons (Fsp3) is 0.130. The van der Waals surface area contributed by atoms with Crippen LogP contribution >= 0.6 is 0 Å². The van der Waals surface area contributed by atoms with E-state index in [0.29, 0.717) is 12.4 Å². The van der Waals surface area contributed by atoms with Crippen LogP contribution in [0.1, 0.15) is 27.0 Å². The minimum Gasteiger partial charge on any atom is -0.489 e. The smallest absolute Gasteiger partial charge is 0.416 e. The van der Waals surface area contributed by atoms with Crippen molar-refractivity contribution in [2.45, 2.75) is 19.3 Å². The summed E-state index contributed by atoms with van der Waals surface area (Å²) in [5, 5.41) is 2.37. The first-order valence-corrected chi connectivity index (χ1v) is 9.58. The fourth-order valence-electron chi connectivity index (χ4n) is 2.71. The number of alkyl halides is 3. The Labute approximate surface area is 182 Å². The van der Waals surface area contributed by atoms with E-state index in [1.807, 2.05) is 30.3 Å². The molecular weight excluding hydrogens is 423 g/mol. The van der Waals surface area contributed by atoms with E-state index in [9.17, 15) is 22.8 Å².